The van der Waals surface area contributed by atoms with Crippen LogP contribution in [0.3, 0.4) is 0 Å². The number of halogens is 1. The molecule has 0 amide bonds. The summed E-state index contributed by atoms with van der Waals surface area (Å²) in [5.74, 6) is 0.854. The molecule has 0 spiro atoms. The van der Waals surface area contributed by atoms with E-state index < -0.39 is 5.97 Å². The van der Waals surface area contributed by atoms with Gasteiger partial charge in [-0.15, -0.1) is 0 Å². The molecule has 0 aliphatic rings. The lowest BCUT2D eigenvalue weighted by molar-refractivity contribution is 0.0520. The summed E-state index contributed by atoms with van der Waals surface area (Å²) in [7, 11) is 1.59. The molecular formula is C19H16ClNO4. The number of carbonyl (C=O) groups excluding carboxylic acids is 1. The summed E-state index contributed by atoms with van der Waals surface area (Å²) in [6.45, 7) is 2.00. The Morgan fingerprint density at radius 2 is 1.72 bits per heavy atom. The number of benzene rings is 2. The SMILES string of the molecule is CCOC(=O)c1nc(-c2ccc(Cl)cc2)oc1-c1ccc(OC)cc1. The van der Waals surface area contributed by atoms with Crippen molar-refractivity contribution in [2.75, 3.05) is 13.7 Å². The van der Waals surface area contributed by atoms with Crippen molar-refractivity contribution >= 4 is 17.6 Å². The highest BCUT2D eigenvalue weighted by molar-refractivity contribution is 6.30. The van der Waals surface area contributed by atoms with Crippen LogP contribution in [0.2, 0.25) is 5.02 Å². The van der Waals surface area contributed by atoms with E-state index in [4.69, 9.17) is 25.5 Å². The molecule has 1 heterocycles. The molecule has 0 unspecified atom stereocenters. The minimum Gasteiger partial charge on any atom is -0.497 e. The highest BCUT2D eigenvalue weighted by Crippen LogP contribution is 2.31. The molecule has 0 aliphatic heterocycles. The third-order valence-electron chi connectivity index (χ3n) is 3.54. The van der Waals surface area contributed by atoms with Crippen LogP contribution in [0.4, 0.5) is 0 Å². The van der Waals surface area contributed by atoms with E-state index in [1.807, 2.05) is 0 Å². The first-order valence-electron chi connectivity index (χ1n) is 7.70. The van der Waals surface area contributed by atoms with E-state index in [-0.39, 0.29) is 12.3 Å². The van der Waals surface area contributed by atoms with Crippen molar-refractivity contribution in [3.63, 3.8) is 0 Å². The first-order chi connectivity index (χ1) is 12.1. The maximum Gasteiger partial charge on any atom is 0.361 e. The monoisotopic (exact) mass is 357 g/mol. The van der Waals surface area contributed by atoms with Crippen LogP contribution in [-0.4, -0.2) is 24.7 Å². The van der Waals surface area contributed by atoms with Gasteiger partial charge in [-0.25, -0.2) is 9.78 Å². The molecule has 25 heavy (non-hydrogen) atoms. The fraction of sp³-hybridized carbons (Fsp3) is 0.158. The van der Waals surface area contributed by atoms with Gasteiger partial charge in [-0.2, -0.15) is 0 Å². The van der Waals surface area contributed by atoms with E-state index in [9.17, 15) is 4.79 Å². The van der Waals surface area contributed by atoms with Gasteiger partial charge in [-0.3, -0.25) is 0 Å². The predicted molar refractivity (Wildman–Crippen MR) is 94.9 cm³/mol. The topological polar surface area (TPSA) is 61.6 Å². The fourth-order valence-electron chi connectivity index (χ4n) is 2.31. The van der Waals surface area contributed by atoms with Crippen molar-refractivity contribution in [1.82, 2.24) is 4.98 Å². The highest BCUT2D eigenvalue weighted by atomic mass is 35.5. The Balaban J connectivity index is 2.07. The third kappa shape index (κ3) is 3.67. The second-order valence-electron chi connectivity index (χ2n) is 5.15. The number of aromatic nitrogens is 1. The zero-order valence-corrected chi connectivity index (χ0v) is 14.5. The summed E-state index contributed by atoms with van der Waals surface area (Å²) in [6, 6.07) is 14.2. The molecule has 0 N–H and O–H groups in total. The molecule has 2 aromatic carbocycles. The Morgan fingerprint density at radius 1 is 1.08 bits per heavy atom. The number of ether oxygens (including phenoxy) is 2. The second-order valence-corrected chi connectivity index (χ2v) is 5.59. The maximum atomic E-state index is 12.3. The van der Waals surface area contributed by atoms with Crippen molar-refractivity contribution in [3.8, 4) is 28.5 Å². The molecule has 3 rings (SSSR count). The number of esters is 1. The summed E-state index contributed by atoms with van der Waals surface area (Å²) in [5.41, 5.74) is 1.56. The largest absolute Gasteiger partial charge is 0.497 e. The first-order valence-corrected chi connectivity index (χ1v) is 8.08. The molecule has 0 fully saturated rings. The van der Waals surface area contributed by atoms with E-state index in [0.29, 0.717) is 28.0 Å². The van der Waals surface area contributed by atoms with Gasteiger partial charge >= 0.3 is 5.97 Å². The zero-order chi connectivity index (χ0) is 17.8. The molecular weight excluding hydrogens is 342 g/mol. The number of oxazole rings is 1. The number of hydrogen-bond acceptors (Lipinski definition) is 5. The number of methoxy groups -OCH3 is 1. The molecule has 1 aromatic heterocycles. The van der Waals surface area contributed by atoms with Gasteiger partial charge in [0.25, 0.3) is 0 Å². The molecule has 0 radical (unpaired) electrons. The van der Waals surface area contributed by atoms with Crippen LogP contribution < -0.4 is 4.74 Å². The lowest BCUT2D eigenvalue weighted by atomic mass is 10.1. The minimum atomic E-state index is -0.530. The van der Waals surface area contributed by atoms with Crippen LogP contribution >= 0.6 is 11.6 Å². The third-order valence-corrected chi connectivity index (χ3v) is 3.79. The van der Waals surface area contributed by atoms with Crippen LogP contribution in [0.15, 0.2) is 52.9 Å². The Kier molecular flexibility index (Phi) is 5.05. The van der Waals surface area contributed by atoms with Gasteiger partial charge in [-0.05, 0) is 55.5 Å². The molecule has 6 heteroatoms. The number of rotatable bonds is 5. The van der Waals surface area contributed by atoms with E-state index >= 15 is 0 Å². The summed E-state index contributed by atoms with van der Waals surface area (Å²) in [6.07, 6.45) is 0. The Bertz CT molecular complexity index is 869. The summed E-state index contributed by atoms with van der Waals surface area (Å²) < 4.78 is 16.1. The Labute approximate surface area is 150 Å². The standard InChI is InChI=1S/C19H16ClNO4/c1-3-24-19(22)16-17(12-6-10-15(23-2)11-7-12)25-18(21-16)13-4-8-14(20)9-5-13/h4-11H,3H2,1-2H3. The van der Waals surface area contributed by atoms with Crippen LogP contribution in [-0.2, 0) is 4.74 Å². The minimum absolute atomic E-state index is 0.136. The van der Waals surface area contributed by atoms with Gasteiger partial charge in [0.15, 0.2) is 11.5 Å². The van der Waals surface area contributed by atoms with E-state index in [1.54, 1.807) is 62.6 Å². The van der Waals surface area contributed by atoms with Gasteiger partial charge in [0.1, 0.15) is 5.75 Å². The lowest BCUT2D eigenvalue weighted by Gasteiger charge is -2.03. The highest BCUT2D eigenvalue weighted by Gasteiger charge is 2.23. The van der Waals surface area contributed by atoms with Gasteiger partial charge in [-0.1, -0.05) is 11.6 Å². The summed E-state index contributed by atoms with van der Waals surface area (Å²) in [4.78, 5) is 16.6. The van der Waals surface area contributed by atoms with Gasteiger partial charge < -0.3 is 13.9 Å². The van der Waals surface area contributed by atoms with E-state index in [0.717, 1.165) is 5.56 Å². The lowest BCUT2D eigenvalue weighted by Crippen LogP contribution is -2.06. The van der Waals surface area contributed by atoms with Crippen molar-refractivity contribution in [2.24, 2.45) is 0 Å². The normalized spacial score (nSPS) is 10.5. The summed E-state index contributed by atoms with van der Waals surface area (Å²) in [5, 5.41) is 0.608. The molecule has 0 saturated carbocycles. The van der Waals surface area contributed by atoms with Crippen LogP contribution in [0.5, 0.6) is 5.75 Å². The van der Waals surface area contributed by atoms with Crippen LogP contribution in [0.1, 0.15) is 17.4 Å². The van der Waals surface area contributed by atoms with Crippen LogP contribution in [0, 0.1) is 0 Å². The van der Waals surface area contributed by atoms with Gasteiger partial charge in [0.05, 0.1) is 13.7 Å². The average molecular weight is 358 g/mol. The molecule has 0 saturated heterocycles. The van der Waals surface area contributed by atoms with Crippen molar-refractivity contribution in [1.29, 1.82) is 0 Å². The Morgan fingerprint density at radius 3 is 2.32 bits per heavy atom. The van der Waals surface area contributed by atoms with Crippen LogP contribution in [0.25, 0.3) is 22.8 Å². The quantitative estimate of drug-likeness (QED) is 0.611. The molecule has 3 aromatic rings. The number of hydrogen-bond donors (Lipinski definition) is 0. The Hall–Kier alpha value is -2.79. The maximum absolute atomic E-state index is 12.3. The first kappa shape index (κ1) is 17.0. The summed E-state index contributed by atoms with van der Waals surface area (Å²) >= 11 is 5.91. The molecule has 0 atom stereocenters. The predicted octanol–water partition coefficient (Wildman–Crippen LogP) is 4.85. The van der Waals surface area contributed by atoms with Gasteiger partial charge in [0, 0.05) is 16.1 Å². The average Bonchev–Trinajstić information content (AvgIpc) is 3.08. The zero-order valence-electron chi connectivity index (χ0n) is 13.8. The number of carbonyl (C=O) groups is 1. The van der Waals surface area contributed by atoms with Crippen molar-refractivity contribution in [2.45, 2.75) is 6.92 Å². The van der Waals surface area contributed by atoms with E-state index in [1.165, 1.54) is 0 Å². The number of nitrogens with zero attached hydrogens (tertiary/aromatic N) is 1. The molecule has 128 valence electrons. The molecule has 0 bridgehead atoms. The smallest absolute Gasteiger partial charge is 0.361 e. The van der Waals surface area contributed by atoms with Crippen molar-refractivity contribution < 1.29 is 18.7 Å². The second kappa shape index (κ2) is 7.40. The molecule has 0 aliphatic carbocycles. The molecule has 5 nitrogen and oxygen atoms in total. The van der Waals surface area contributed by atoms with E-state index in [2.05, 4.69) is 4.98 Å². The van der Waals surface area contributed by atoms with Crippen molar-refractivity contribution in [3.05, 3.63) is 59.2 Å². The fourth-order valence-corrected chi connectivity index (χ4v) is 2.44. The van der Waals surface area contributed by atoms with Gasteiger partial charge in [0.2, 0.25) is 5.89 Å².